The summed E-state index contributed by atoms with van der Waals surface area (Å²) in [5, 5.41) is 12.3. The molecule has 1 fully saturated rings. The number of nitrogens with zero attached hydrogens (tertiary/aromatic N) is 2. The number of benzene rings is 1. The fourth-order valence-corrected chi connectivity index (χ4v) is 3.35. The number of thiazole rings is 1. The molecule has 3 rings (SSSR count). The fourth-order valence-electron chi connectivity index (χ4n) is 2.52. The highest BCUT2D eigenvalue weighted by molar-refractivity contribution is 7.09. The lowest BCUT2D eigenvalue weighted by atomic mass is 10.1. The van der Waals surface area contributed by atoms with E-state index in [9.17, 15) is 14.3 Å². The van der Waals surface area contributed by atoms with E-state index in [1.54, 1.807) is 17.0 Å². The van der Waals surface area contributed by atoms with E-state index in [-0.39, 0.29) is 18.1 Å². The highest BCUT2D eigenvalue weighted by Gasteiger charge is 2.24. The molecule has 1 aromatic heterocycles. The molecule has 0 radical (unpaired) electrons. The van der Waals surface area contributed by atoms with Crippen LogP contribution in [0.4, 0.5) is 4.39 Å². The molecule has 6 heteroatoms. The summed E-state index contributed by atoms with van der Waals surface area (Å²) in [4.78, 5) is 18.3. The van der Waals surface area contributed by atoms with Gasteiger partial charge in [0.15, 0.2) is 0 Å². The number of hydrogen-bond acceptors (Lipinski definition) is 4. The molecule has 1 atom stereocenters. The van der Waals surface area contributed by atoms with Crippen molar-refractivity contribution in [1.82, 2.24) is 9.88 Å². The number of halogens is 1. The van der Waals surface area contributed by atoms with E-state index in [0.29, 0.717) is 25.9 Å². The molecule has 0 unspecified atom stereocenters. The first-order valence-corrected chi connectivity index (χ1v) is 8.11. The Kier molecular flexibility index (Phi) is 4.49. The van der Waals surface area contributed by atoms with Gasteiger partial charge in [0.25, 0.3) is 0 Å². The lowest BCUT2D eigenvalue weighted by molar-refractivity contribution is -0.129. The van der Waals surface area contributed by atoms with Crippen molar-refractivity contribution in [2.24, 2.45) is 0 Å². The molecule has 4 nitrogen and oxygen atoms in total. The minimum absolute atomic E-state index is 0.00943. The van der Waals surface area contributed by atoms with Gasteiger partial charge in [-0.1, -0.05) is 12.1 Å². The Hall–Kier alpha value is -1.79. The second-order valence-electron chi connectivity index (χ2n) is 5.49. The first-order chi connectivity index (χ1) is 10.6. The Morgan fingerprint density at radius 2 is 2.18 bits per heavy atom. The van der Waals surface area contributed by atoms with Gasteiger partial charge in [-0.25, -0.2) is 9.37 Å². The van der Waals surface area contributed by atoms with Crippen LogP contribution < -0.4 is 0 Å². The summed E-state index contributed by atoms with van der Waals surface area (Å²) in [6.07, 6.45) is 1.17. The van der Waals surface area contributed by atoms with Gasteiger partial charge in [0.05, 0.1) is 23.2 Å². The average molecular weight is 320 g/mol. The molecular weight excluding hydrogens is 303 g/mol. The molecular formula is C16H17FN2O2S. The van der Waals surface area contributed by atoms with Gasteiger partial charge >= 0.3 is 0 Å². The molecule has 1 aromatic carbocycles. The highest BCUT2D eigenvalue weighted by atomic mass is 32.1. The summed E-state index contributed by atoms with van der Waals surface area (Å²) in [6, 6.07) is 6.36. The number of likely N-dealkylation sites (tertiary alicyclic amines) is 1. The third-order valence-electron chi connectivity index (χ3n) is 3.72. The van der Waals surface area contributed by atoms with Gasteiger partial charge in [-0.15, -0.1) is 11.3 Å². The average Bonchev–Trinajstić information content (AvgIpc) is 3.11. The number of amides is 1. The van der Waals surface area contributed by atoms with Crippen LogP contribution in [0.3, 0.4) is 0 Å². The van der Waals surface area contributed by atoms with E-state index >= 15 is 0 Å². The van der Waals surface area contributed by atoms with Crippen molar-refractivity contribution in [3.63, 3.8) is 0 Å². The van der Waals surface area contributed by atoms with Crippen LogP contribution >= 0.6 is 11.3 Å². The quantitative estimate of drug-likeness (QED) is 0.937. The van der Waals surface area contributed by atoms with Gasteiger partial charge in [0.2, 0.25) is 5.91 Å². The molecule has 116 valence electrons. The van der Waals surface area contributed by atoms with Crippen LogP contribution in [0.5, 0.6) is 0 Å². The molecule has 0 spiro atoms. The largest absolute Gasteiger partial charge is 0.391 e. The van der Waals surface area contributed by atoms with E-state index < -0.39 is 6.10 Å². The monoisotopic (exact) mass is 320 g/mol. The lowest BCUT2D eigenvalue weighted by Gasteiger charge is -2.14. The molecule has 1 amide bonds. The molecule has 0 bridgehead atoms. The number of carbonyl (C=O) groups is 1. The maximum atomic E-state index is 12.9. The van der Waals surface area contributed by atoms with E-state index in [4.69, 9.17) is 0 Å². The standard InChI is InChI=1S/C16H17FN2O2S/c17-12-3-1-11(2-4-12)7-15-18-13(10-22-15)8-16(21)19-6-5-14(20)9-19/h1-4,10,14,20H,5-9H2/t14-/m1/s1. The molecule has 1 N–H and O–H groups in total. The number of carbonyl (C=O) groups excluding carboxylic acids is 1. The normalized spacial score (nSPS) is 17.9. The summed E-state index contributed by atoms with van der Waals surface area (Å²) in [5.41, 5.74) is 1.75. The van der Waals surface area contributed by atoms with E-state index in [2.05, 4.69) is 4.98 Å². The van der Waals surface area contributed by atoms with Crippen molar-refractivity contribution in [2.45, 2.75) is 25.4 Å². The predicted octanol–water partition coefficient (Wildman–Crippen LogP) is 2.01. The van der Waals surface area contributed by atoms with Gasteiger partial charge in [-0.2, -0.15) is 0 Å². The summed E-state index contributed by atoms with van der Waals surface area (Å²) in [6.45, 7) is 1.04. The van der Waals surface area contributed by atoms with Crippen molar-refractivity contribution < 1.29 is 14.3 Å². The van der Waals surface area contributed by atoms with Gasteiger partial charge in [0, 0.05) is 24.9 Å². The van der Waals surface area contributed by atoms with Gasteiger partial charge < -0.3 is 10.0 Å². The Balaban J connectivity index is 1.59. The van der Waals surface area contributed by atoms with Crippen molar-refractivity contribution in [3.05, 3.63) is 51.7 Å². The maximum Gasteiger partial charge on any atom is 0.228 e. The summed E-state index contributed by atoms with van der Waals surface area (Å²) in [5.74, 6) is -0.239. The van der Waals surface area contributed by atoms with Crippen molar-refractivity contribution >= 4 is 17.2 Å². The molecule has 1 aliphatic rings. The minimum Gasteiger partial charge on any atom is -0.391 e. The van der Waals surface area contributed by atoms with E-state index in [1.165, 1.54) is 23.5 Å². The second kappa shape index (κ2) is 6.54. The SMILES string of the molecule is O=C(Cc1csc(Cc2ccc(F)cc2)n1)N1CC[C@@H](O)C1. The van der Waals surface area contributed by atoms with Crippen LogP contribution in [-0.4, -0.2) is 40.1 Å². The van der Waals surface area contributed by atoms with Crippen LogP contribution in [0, 0.1) is 5.82 Å². The van der Waals surface area contributed by atoms with Crippen molar-refractivity contribution in [1.29, 1.82) is 0 Å². The summed E-state index contributed by atoms with van der Waals surface area (Å²) in [7, 11) is 0. The second-order valence-corrected chi connectivity index (χ2v) is 6.44. The van der Waals surface area contributed by atoms with Gasteiger partial charge in [-0.3, -0.25) is 4.79 Å². The molecule has 2 heterocycles. The van der Waals surface area contributed by atoms with Crippen LogP contribution in [0.2, 0.25) is 0 Å². The van der Waals surface area contributed by atoms with Crippen LogP contribution in [0.1, 0.15) is 22.7 Å². The minimum atomic E-state index is -0.395. The smallest absolute Gasteiger partial charge is 0.228 e. The Morgan fingerprint density at radius 1 is 1.41 bits per heavy atom. The fraction of sp³-hybridized carbons (Fsp3) is 0.375. The number of aliphatic hydroxyl groups is 1. The Morgan fingerprint density at radius 3 is 2.86 bits per heavy atom. The predicted molar refractivity (Wildman–Crippen MR) is 82.2 cm³/mol. The third-order valence-corrected chi connectivity index (χ3v) is 4.61. The maximum absolute atomic E-state index is 12.9. The van der Waals surface area contributed by atoms with Crippen molar-refractivity contribution in [3.8, 4) is 0 Å². The first-order valence-electron chi connectivity index (χ1n) is 7.24. The zero-order valence-corrected chi connectivity index (χ0v) is 12.9. The zero-order valence-electron chi connectivity index (χ0n) is 12.0. The number of aliphatic hydroxyl groups excluding tert-OH is 1. The topological polar surface area (TPSA) is 53.4 Å². The Bertz CT molecular complexity index is 656. The summed E-state index contributed by atoms with van der Waals surface area (Å²) >= 11 is 1.51. The zero-order chi connectivity index (χ0) is 15.5. The van der Waals surface area contributed by atoms with E-state index in [1.807, 2.05) is 5.38 Å². The summed E-state index contributed by atoms with van der Waals surface area (Å²) < 4.78 is 12.9. The van der Waals surface area contributed by atoms with Crippen LogP contribution in [0.15, 0.2) is 29.6 Å². The number of aromatic nitrogens is 1. The molecule has 22 heavy (non-hydrogen) atoms. The molecule has 0 saturated carbocycles. The van der Waals surface area contributed by atoms with Crippen molar-refractivity contribution in [2.75, 3.05) is 13.1 Å². The third kappa shape index (κ3) is 3.69. The molecule has 2 aromatic rings. The highest BCUT2D eigenvalue weighted by Crippen LogP contribution is 2.17. The number of rotatable bonds is 4. The molecule has 1 saturated heterocycles. The molecule has 1 aliphatic heterocycles. The molecule has 0 aliphatic carbocycles. The van der Waals surface area contributed by atoms with E-state index in [0.717, 1.165) is 16.3 Å². The Labute approximate surface area is 132 Å². The first kappa shape index (κ1) is 15.1. The van der Waals surface area contributed by atoms with Gasteiger partial charge in [0.1, 0.15) is 5.82 Å². The lowest BCUT2D eigenvalue weighted by Crippen LogP contribution is -2.30. The number of hydrogen-bond donors (Lipinski definition) is 1. The number of β-amino-alcohol motifs (C(OH)–C–C–N with tert-alkyl or cyclic N) is 1. The van der Waals surface area contributed by atoms with Crippen LogP contribution in [0.25, 0.3) is 0 Å². The van der Waals surface area contributed by atoms with Crippen LogP contribution in [-0.2, 0) is 17.6 Å². The van der Waals surface area contributed by atoms with Gasteiger partial charge in [-0.05, 0) is 24.1 Å².